The number of ether oxygens (including phenoxy) is 1. The summed E-state index contributed by atoms with van der Waals surface area (Å²) in [7, 11) is 3.41. The van der Waals surface area contributed by atoms with Gasteiger partial charge in [-0.05, 0) is 32.4 Å². The highest BCUT2D eigenvalue weighted by Gasteiger charge is 2.08. The molecule has 2 aromatic rings. The molecule has 0 saturated carbocycles. The van der Waals surface area contributed by atoms with E-state index in [0.717, 1.165) is 22.8 Å². The number of guanidine groups is 1. The normalized spacial score (nSPS) is 11.4. The van der Waals surface area contributed by atoms with Crippen LogP contribution in [0, 0.1) is 20.8 Å². The summed E-state index contributed by atoms with van der Waals surface area (Å²) in [5.41, 5.74) is 3.15. The second kappa shape index (κ2) is 7.67. The zero-order valence-electron chi connectivity index (χ0n) is 14.4. The first-order valence-corrected chi connectivity index (χ1v) is 7.54. The molecule has 0 aliphatic heterocycles. The van der Waals surface area contributed by atoms with Crippen LogP contribution in [0.1, 0.15) is 28.5 Å². The van der Waals surface area contributed by atoms with Gasteiger partial charge in [0, 0.05) is 19.2 Å². The van der Waals surface area contributed by atoms with Crippen LogP contribution in [0.15, 0.2) is 27.6 Å². The van der Waals surface area contributed by atoms with Crippen molar-refractivity contribution in [2.75, 3.05) is 14.2 Å². The van der Waals surface area contributed by atoms with Gasteiger partial charge >= 0.3 is 0 Å². The minimum Gasteiger partial charge on any atom is -0.496 e. The lowest BCUT2D eigenvalue weighted by Crippen LogP contribution is -2.36. The molecule has 6 nitrogen and oxygen atoms in total. The average molecular weight is 316 g/mol. The molecule has 0 saturated heterocycles. The Morgan fingerprint density at radius 3 is 2.57 bits per heavy atom. The first kappa shape index (κ1) is 16.9. The first-order chi connectivity index (χ1) is 11.0. The summed E-state index contributed by atoms with van der Waals surface area (Å²) in [4.78, 5) is 8.54. The lowest BCUT2D eigenvalue weighted by molar-refractivity contribution is 0.408. The highest BCUT2D eigenvalue weighted by atomic mass is 16.5. The van der Waals surface area contributed by atoms with Crippen molar-refractivity contribution in [3.05, 3.63) is 46.7 Å². The van der Waals surface area contributed by atoms with E-state index in [4.69, 9.17) is 9.15 Å². The summed E-state index contributed by atoms with van der Waals surface area (Å²) in [5.74, 6) is 3.04. The molecule has 23 heavy (non-hydrogen) atoms. The van der Waals surface area contributed by atoms with E-state index in [0.29, 0.717) is 24.9 Å². The van der Waals surface area contributed by atoms with Crippen molar-refractivity contribution in [1.82, 2.24) is 15.6 Å². The van der Waals surface area contributed by atoms with Crippen molar-refractivity contribution in [1.29, 1.82) is 0 Å². The molecule has 1 heterocycles. The Labute approximate surface area is 137 Å². The number of aromatic nitrogens is 1. The summed E-state index contributed by atoms with van der Waals surface area (Å²) in [6.07, 6.45) is 0. The molecule has 0 aliphatic carbocycles. The van der Waals surface area contributed by atoms with E-state index in [2.05, 4.69) is 32.7 Å². The molecule has 0 fully saturated rings. The van der Waals surface area contributed by atoms with Gasteiger partial charge in [-0.1, -0.05) is 12.1 Å². The van der Waals surface area contributed by atoms with E-state index in [1.165, 1.54) is 5.56 Å². The van der Waals surface area contributed by atoms with Crippen LogP contribution >= 0.6 is 0 Å². The maximum absolute atomic E-state index is 5.55. The summed E-state index contributed by atoms with van der Waals surface area (Å²) in [6.45, 7) is 6.98. The van der Waals surface area contributed by atoms with Crippen molar-refractivity contribution in [2.24, 2.45) is 4.99 Å². The predicted molar refractivity (Wildman–Crippen MR) is 90.7 cm³/mol. The van der Waals surface area contributed by atoms with E-state index in [1.54, 1.807) is 14.2 Å². The molecule has 0 radical (unpaired) electrons. The van der Waals surface area contributed by atoms with Crippen molar-refractivity contribution in [3.63, 3.8) is 0 Å². The maximum Gasteiger partial charge on any atom is 0.214 e. The van der Waals surface area contributed by atoms with E-state index in [1.807, 2.05) is 26.8 Å². The van der Waals surface area contributed by atoms with Crippen molar-refractivity contribution in [2.45, 2.75) is 33.9 Å². The highest BCUT2D eigenvalue weighted by molar-refractivity contribution is 5.79. The highest BCUT2D eigenvalue weighted by Crippen LogP contribution is 2.19. The van der Waals surface area contributed by atoms with Gasteiger partial charge in [-0.15, -0.1) is 0 Å². The van der Waals surface area contributed by atoms with E-state index in [-0.39, 0.29) is 0 Å². The van der Waals surface area contributed by atoms with Crippen LogP contribution in [-0.4, -0.2) is 25.1 Å². The molecule has 6 heteroatoms. The lowest BCUT2D eigenvalue weighted by Gasteiger charge is -2.13. The van der Waals surface area contributed by atoms with Gasteiger partial charge in [-0.2, -0.15) is 0 Å². The molecular formula is C17H24N4O2. The minimum atomic E-state index is 0.486. The number of nitrogens with zero attached hydrogens (tertiary/aromatic N) is 2. The number of hydrogen-bond donors (Lipinski definition) is 2. The molecule has 1 aromatic heterocycles. The van der Waals surface area contributed by atoms with Crippen LogP contribution in [0.5, 0.6) is 5.75 Å². The Morgan fingerprint density at radius 1 is 1.22 bits per heavy atom. The Balaban J connectivity index is 1.93. The summed E-state index contributed by atoms with van der Waals surface area (Å²) < 4.78 is 11.0. The summed E-state index contributed by atoms with van der Waals surface area (Å²) in [6, 6.07) is 6.13. The number of methoxy groups -OCH3 is 1. The Hall–Kier alpha value is -2.50. The fraction of sp³-hybridized carbons (Fsp3) is 0.412. The zero-order valence-corrected chi connectivity index (χ0v) is 14.4. The largest absolute Gasteiger partial charge is 0.496 e. The molecule has 0 spiro atoms. The second-order valence-corrected chi connectivity index (χ2v) is 5.34. The minimum absolute atomic E-state index is 0.486. The SMILES string of the molecule is CN=C(NCc1nc(C)c(C)o1)NCc1ccc(C)cc1OC. The number of benzene rings is 1. The predicted octanol–water partition coefficient (Wildman–Crippen LogP) is 2.47. The van der Waals surface area contributed by atoms with Crippen LogP contribution in [0.4, 0.5) is 0 Å². The fourth-order valence-electron chi connectivity index (χ4n) is 2.17. The topological polar surface area (TPSA) is 71.7 Å². The Kier molecular flexibility index (Phi) is 5.62. The summed E-state index contributed by atoms with van der Waals surface area (Å²) >= 11 is 0. The van der Waals surface area contributed by atoms with E-state index < -0.39 is 0 Å². The van der Waals surface area contributed by atoms with Crippen LogP contribution in [0.2, 0.25) is 0 Å². The number of hydrogen-bond acceptors (Lipinski definition) is 4. The van der Waals surface area contributed by atoms with Crippen LogP contribution in [-0.2, 0) is 13.1 Å². The van der Waals surface area contributed by atoms with Gasteiger partial charge in [0.05, 0.1) is 19.3 Å². The van der Waals surface area contributed by atoms with Crippen LogP contribution in [0.3, 0.4) is 0 Å². The standard InChI is InChI=1S/C17H24N4O2/c1-11-6-7-14(15(8-11)22-5)9-19-17(18-4)20-10-16-21-12(2)13(3)23-16/h6-8H,9-10H2,1-5H3,(H2,18,19,20). The molecule has 124 valence electrons. The van der Waals surface area contributed by atoms with Gasteiger partial charge in [-0.3, -0.25) is 4.99 Å². The molecule has 1 aromatic carbocycles. The average Bonchev–Trinajstić information content (AvgIpc) is 2.86. The van der Waals surface area contributed by atoms with Gasteiger partial charge in [0.25, 0.3) is 0 Å². The molecule has 0 atom stereocenters. The quantitative estimate of drug-likeness (QED) is 0.655. The van der Waals surface area contributed by atoms with Gasteiger partial charge in [0.1, 0.15) is 11.5 Å². The lowest BCUT2D eigenvalue weighted by atomic mass is 10.1. The number of nitrogens with one attached hydrogen (secondary N) is 2. The van der Waals surface area contributed by atoms with Gasteiger partial charge in [-0.25, -0.2) is 4.98 Å². The first-order valence-electron chi connectivity index (χ1n) is 7.54. The Morgan fingerprint density at radius 2 is 1.96 bits per heavy atom. The molecule has 0 amide bonds. The van der Waals surface area contributed by atoms with Crippen molar-refractivity contribution < 1.29 is 9.15 Å². The molecule has 0 bridgehead atoms. The third kappa shape index (κ3) is 4.48. The zero-order chi connectivity index (χ0) is 16.8. The summed E-state index contributed by atoms with van der Waals surface area (Å²) in [5, 5.41) is 6.45. The number of aryl methyl sites for hydroxylation is 3. The maximum atomic E-state index is 5.55. The smallest absolute Gasteiger partial charge is 0.214 e. The van der Waals surface area contributed by atoms with Gasteiger partial charge in [0.2, 0.25) is 5.89 Å². The van der Waals surface area contributed by atoms with Gasteiger partial charge in [0.15, 0.2) is 5.96 Å². The fourth-order valence-corrected chi connectivity index (χ4v) is 2.17. The Bertz CT molecular complexity index is 672. The van der Waals surface area contributed by atoms with Crippen molar-refractivity contribution >= 4 is 5.96 Å². The second-order valence-electron chi connectivity index (χ2n) is 5.34. The number of oxazole rings is 1. The molecule has 0 aliphatic rings. The molecule has 2 rings (SSSR count). The third-order valence-electron chi connectivity index (χ3n) is 3.59. The molecular weight excluding hydrogens is 292 g/mol. The number of aliphatic imine (C=N–C) groups is 1. The number of rotatable bonds is 5. The van der Waals surface area contributed by atoms with Crippen LogP contribution in [0.25, 0.3) is 0 Å². The van der Waals surface area contributed by atoms with E-state index >= 15 is 0 Å². The molecule has 2 N–H and O–H groups in total. The third-order valence-corrected chi connectivity index (χ3v) is 3.59. The van der Waals surface area contributed by atoms with E-state index in [9.17, 15) is 0 Å². The molecule has 0 unspecified atom stereocenters. The van der Waals surface area contributed by atoms with Crippen LogP contribution < -0.4 is 15.4 Å². The monoisotopic (exact) mass is 316 g/mol. The van der Waals surface area contributed by atoms with Crippen molar-refractivity contribution in [3.8, 4) is 5.75 Å². The van der Waals surface area contributed by atoms with Gasteiger partial charge < -0.3 is 19.8 Å².